The van der Waals surface area contributed by atoms with Crippen molar-refractivity contribution in [2.75, 3.05) is 6.26 Å². The molecule has 1 saturated carbocycles. The SMILES string of the molecule is CSC1CCCC1NCc1cccc(F)c1Cl. The highest BCUT2D eigenvalue weighted by Crippen LogP contribution is 2.29. The lowest BCUT2D eigenvalue weighted by Gasteiger charge is -2.19. The average Bonchev–Trinajstić information content (AvgIpc) is 2.78. The van der Waals surface area contributed by atoms with Gasteiger partial charge in [-0.15, -0.1) is 0 Å². The van der Waals surface area contributed by atoms with Gasteiger partial charge in [-0.25, -0.2) is 4.39 Å². The highest BCUT2D eigenvalue weighted by Gasteiger charge is 2.25. The summed E-state index contributed by atoms with van der Waals surface area (Å²) >= 11 is 7.84. The second-order valence-electron chi connectivity index (χ2n) is 4.41. The number of thioether (sulfide) groups is 1. The molecule has 4 heteroatoms. The molecule has 1 N–H and O–H groups in total. The number of hydrogen-bond acceptors (Lipinski definition) is 2. The Morgan fingerprint density at radius 1 is 1.47 bits per heavy atom. The second-order valence-corrected chi connectivity index (χ2v) is 5.86. The largest absolute Gasteiger partial charge is 0.309 e. The monoisotopic (exact) mass is 273 g/mol. The van der Waals surface area contributed by atoms with E-state index in [0.717, 1.165) is 5.56 Å². The molecule has 0 radical (unpaired) electrons. The van der Waals surface area contributed by atoms with Crippen LogP contribution >= 0.6 is 23.4 Å². The summed E-state index contributed by atoms with van der Waals surface area (Å²) in [6.07, 6.45) is 5.91. The standard InChI is InChI=1S/C13H17ClFNS/c1-17-12-7-3-6-11(12)16-8-9-4-2-5-10(15)13(9)14/h2,4-5,11-12,16H,3,6-8H2,1H3. The first-order chi connectivity index (χ1) is 8.22. The summed E-state index contributed by atoms with van der Waals surface area (Å²) in [5.41, 5.74) is 0.846. The van der Waals surface area contributed by atoms with Crippen LogP contribution in [0.4, 0.5) is 4.39 Å². The summed E-state index contributed by atoms with van der Waals surface area (Å²) in [6, 6.07) is 5.51. The quantitative estimate of drug-likeness (QED) is 0.894. The molecule has 1 aliphatic carbocycles. The lowest BCUT2D eigenvalue weighted by atomic mass is 10.2. The third-order valence-electron chi connectivity index (χ3n) is 3.34. The Morgan fingerprint density at radius 3 is 3.06 bits per heavy atom. The molecular formula is C13H17ClFNS. The van der Waals surface area contributed by atoms with Gasteiger partial charge in [0.15, 0.2) is 0 Å². The van der Waals surface area contributed by atoms with Crippen molar-refractivity contribution in [2.24, 2.45) is 0 Å². The van der Waals surface area contributed by atoms with Crippen molar-refractivity contribution in [2.45, 2.75) is 37.1 Å². The van der Waals surface area contributed by atoms with Gasteiger partial charge in [0.05, 0.1) is 5.02 Å². The molecule has 0 spiro atoms. The lowest BCUT2D eigenvalue weighted by molar-refractivity contribution is 0.530. The van der Waals surface area contributed by atoms with Crippen molar-refractivity contribution in [3.63, 3.8) is 0 Å². The molecular weight excluding hydrogens is 257 g/mol. The van der Waals surface area contributed by atoms with Gasteiger partial charge in [0.2, 0.25) is 0 Å². The zero-order chi connectivity index (χ0) is 12.3. The molecule has 2 atom stereocenters. The number of nitrogens with one attached hydrogen (secondary N) is 1. The van der Waals surface area contributed by atoms with Crippen molar-refractivity contribution in [1.82, 2.24) is 5.32 Å². The Balaban J connectivity index is 1.95. The molecule has 0 amide bonds. The van der Waals surface area contributed by atoms with E-state index in [2.05, 4.69) is 11.6 Å². The fourth-order valence-corrected chi connectivity index (χ4v) is 3.52. The molecule has 1 aromatic rings. The predicted octanol–water partition coefficient (Wildman–Crippen LogP) is 3.85. The Bertz CT molecular complexity index is 386. The first-order valence-corrected chi connectivity index (χ1v) is 7.58. The van der Waals surface area contributed by atoms with Gasteiger partial charge in [-0.3, -0.25) is 0 Å². The highest BCUT2D eigenvalue weighted by atomic mass is 35.5. The van der Waals surface area contributed by atoms with Crippen molar-refractivity contribution < 1.29 is 4.39 Å². The van der Waals surface area contributed by atoms with E-state index >= 15 is 0 Å². The van der Waals surface area contributed by atoms with Crippen molar-refractivity contribution >= 4 is 23.4 Å². The van der Waals surface area contributed by atoms with Crippen LogP contribution in [0.3, 0.4) is 0 Å². The second kappa shape index (κ2) is 6.07. The van der Waals surface area contributed by atoms with Gasteiger partial charge < -0.3 is 5.32 Å². The zero-order valence-corrected chi connectivity index (χ0v) is 11.5. The zero-order valence-electron chi connectivity index (χ0n) is 9.88. The van der Waals surface area contributed by atoms with Crippen molar-refractivity contribution in [3.8, 4) is 0 Å². The van der Waals surface area contributed by atoms with Gasteiger partial charge >= 0.3 is 0 Å². The van der Waals surface area contributed by atoms with Crippen LogP contribution in [-0.2, 0) is 6.54 Å². The van der Waals surface area contributed by atoms with Crippen LogP contribution in [0.15, 0.2) is 18.2 Å². The topological polar surface area (TPSA) is 12.0 Å². The van der Waals surface area contributed by atoms with Gasteiger partial charge in [-0.1, -0.05) is 30.2 Å². The average molecular weight is 274 g/mol. The maximum atomic E-state index is 13.3. The molecule has 1 aliphatic rings. The summed E-state index contributed by atoms with van der Waals surface area (Å²) in [4.78, 5) is 0. The molecule has 1 nitrogen and oxygen atoms in total. The van der Waals surface area contributed by atoms with E-state index < -0.39 is 0 Å². The van der Waals surface area contributed by atoms with Gasteiger partial charge in [0, 0.05) is 17.8 Å². The Hall–Kier alpha value is -0.250. The fourth-order valence-electron chi connectivity index (χ4n) is 2.37. The molecule has 1 fully saturated rings. The van der Waals surface area contributed by atoms with Crippen LogP contribution in [-0.4, -0.2) is 17.5 Å². The molecule has 17 heavy (non-hydrogen) atoms. The van der Waals surface area contributed by atoms with Gasteiger partial charge in [0.1, 0.15) is 5.82 Å². The fraction of sp³-hybridized carbons (Fsp3) is 0.538. The highest BCUT2D eigenvalue weighted by molar-refractivity contribution is 7.99. The Kier molecular flexibility index (Phi) is 4.71. The Labute approximate surface area is 111 Å². The minimum Gasteiger partial charge on any atom is -0.309 e. The maximum Gasteiger partial charge on any atom is 0.142 e. The summed E-state index contributed by atoms with van der Waals surface area (Å²) < 4.78 is 13.3. The van der Waals surface area contributed by atoms with E-state index in [1.165, 1.54) is 25.3 Å². The first kappa shape index (κ1) is 13.2. The van der Waals surface area contributed by atoms with Gasteiger partial charge in [0.25, 0.3) is 0 Å². The number of benzene rings is 1. The van der Waals surface area contributed by atoms with Crippen LogP contribution in [0.2, 0.25) is 5.02 Å². The third kappa shape index (κ3) is 3.15. The van der Waals surface area contributed by atoms with Crippen LogP contribution in [0.1, 0.15) is 24.8 Å². The minimum atomic E-state index is -0.334. The van der Waals surface area contributed by atoms with E-state index in [1.54, 1.807) is 6.07 Å². The van der Waals surface area contributed by atoms with E-state index in [-0.39, 0.29) is 10.8 Å². The molecule has 0 bridgehead atoms. The van der Waals surface area contributed by atoms with Crippen LogP contribution in [0.25, 0.3) is 0 Å². The molecule has 2 rings (SSSR count). The molecule has 94 valence electrons. The normalized spacial score (nSPS) is 24.2. The smallest absolute Gasteiger partial charge is 0.142 e. The number of hydrogen-bond donors (Lipinski definition) is 1. The Morgan fingerprint density at radius 2 is 2.29 bits per heavy atom. The molecule has 0 aromatic heterocycles. The predicted molar refractivity (Wildman–Crippen MR) is 73.2 cm³/mol. The summed E-state index contributed by atoms with van der Waals surface area (Å²) in [5.74, 6) is -0.334. The lowest BCUT2D eigenvalue weighted by Crippen LogP contribution is -2.33. The molecule has 0 heterocycles. The van der Waals surface area contributed by atoms with Crippen molar-refractivity contribution in [3.05, 3.63) is 34.6 Å². The number of halogens is 2. The summed E-state index contributed by atoms with van der Waals surface area (Å²) in [5, 5.41) is 4.43. The molecule has 1 aromatic carbocycles. The summed E-state index contributed by atoms with van der Waals surface area (Å²) in [7, 11) is 0. The summed E-state index contributed by atoms with van der Waals surface area (Å²) in [6.45, 7) is 0.651. The van der Waals surface area contributed by atoms with Crippen LogP contribution in [0, 0.1) is 5.82 Å². The van der Waals surface area contributed by atoms with Crippen LogP contribution in [0.5, 0.6) is 0 Å². The van der Waals surface area contributed by atoms with E-state index in [4.69, 9.17) is 11.6 Å². The number of rotatable bonds is 4. The van der Waals surface area contributed by atoms with Crippen molar-refractivity contribution in [1.29, 1.82) is 0 Å². The van der Waals surface area contributed by atoms with Gasteiger partial charge in [-0.2, -0.15) is 11.8 Å². The maximum absolute atomic E-state index is 13.3. The van der Waals surface area contributed by atoms with E-state index in [0.29, 0.717) is 17.8 Å². The first-order valence-electron chi connectivity index (χ1n) is 5.91. The van der Waals surface area contributed by atoms with E-state index in [1.807, 2.05) is 17.8 Å². The van der Waals surface area contributed by atoms with Gasteiger partial charge in [-0.05, 0) is 30.7 Å². The molecule has 2 unspecified atom stereocenters. The molecule has 0 saturated heterocycles. The molecule has 0 aliphatic heterocycles. The third-order valence-corrected chi connectivity index (χ3v) is 4.93. The van der Waals surface area contributed by atoms with E-state index in [9.17, 15) is 4.39 Å². The minimum absolute atomic E-state index is 0.249. The van der Waals surface area contributed by atoms with Crippen LogP contribution < -0.4 is 5.32 Å².